The van der Waals surface area contributed by atoms with Crippen molar-refractivity contribution in [3.05, 3.63) is 35.6 Å². The van der Waals surface area contributed by atoms with Gasteiger partial charge in [-0.3, -0.25) is 10.1 Å². The van der Waals surface area contributed by atoms with Crippen LogP contribution in [-0.2, 0) is 11.2 Å². The minimum absolute atomic E-state index is 0.321. The molecule has 0 aromatic heterocycles. The number of benzene rings is 1. The van der Waals surface area contributed by atoms with Crippen LogP contribution < -0.4 is 10.6 Å². The molecule has 1 heterocycles. The highest BCUT2D eigenvalue weighted by Crippen LogP contribution is 2.25. The summed E-state index contributed by atoms with van der Waals surface area (Å²) in [6.45, 7) is 1.24. The van der Waals surface area contributed by atoms with Crippen LogP contribution >= 0.6 is 0 Å². The highest BCUT2D eigenvalue weighted by Gasteiger charge is 2.42. The normalized spacial score (nSPS) is 22.5. The second kappa shape index (κ2) is 5.83. The van der Waals surface area contributed by atoms with Crippen molar-refractivity contribution in [2.75, 3.05) is 6.54 Å². The molecule has 2 unspecified atom stereocenters. The van der Waals surface area contributed by atoms with Crippen LogP contribution in [0.15, 0.2) is 24.3 Å². The van der Waals surface area contributed by atoms with Crippen LogP contribution in [-0.4, -0.2) is 30.5 Å². The number of alkyl halides is 2. The summed E-state index contributed by atoms with van der Waals surface area (Å²) < 4.78 is 39.5. The Morgan fingerprint density at radius 2 is 2.20 bits per heavy atom. The van der Waals surface area contributed by atoms with Gasteiger partial charge in [-0.1, -0.05) is 18.2 Å². The highest BCUT2D eigenvalue weighted by atomic mass is 19.3. The molecule has 0 aliphatic carbocycles. The molecule has 6 heteroatoms. The molecule has 1 saturated heterocycles. The van der Waals surface area contributed by atoms with Crippen LogP contribution in [0.5, 0.6) is 0 Å². The second-order valence-electron chi connectivity index (χ2n) is 5.20. The van der Waals surface area contributed by atoms with E-state index < -0.39 is 30.8 Å². The standard InChI is InChI=1S/C14H17F3N2O/c1-9(6-10-4-2-3-5-11(10)15)19-13(20)12-7-14(16,17)8-18-12/h2-5,9,12,18H,6-8H2,1H3,(H,19,20). The summed E-state index contributed by atoms with van der Waals surface area (Å²) >= 11 is 0. The van der Waals surface area contributed by atoms with Crippen LogP contribution in [0.2, 0.25) is 0 Å². The Kier molecular flexibility index (Phi) is 4.32. The molecule has 1 amide bonds. The van der Waals surface area contributed by atoms with Crippen LogP contribution in [0.25, 0.3) is 0 Å². The van der Waals surface area contributed by atoms with Crippen molar-refractivity contribution in [1.82, 2.24) is 10.6 Å². The first-order valence-electron chi connectivity index (χ1n) is 6.52. The summed E-state index contributed by atoms with van der Waals surface area (Å²) in [4.78, 5) is 11.8. The summed E-state index contributed by atoms with van der Waals surface area (Å²) in [5, 5.41) is 5.12. The highest BCUT2D eigenvalue weighted by molar-refractivity contribution is 5.82. The van der Waals surface area contributed by atoms with Crippen molar-refractivity contribution in [1.29, 1.82) is 0 Å². The quantitative estimate of drug-likeness (QED) is 0.887. The summed E-state index contributed by atoms with van der Waals surface area (Å²) in [6, 6.07) is 5.09. The Morgan fingerprint density at radius 3 is 2.80 bits per heavy atom. The van der Waals surface area contributed by atoms with E-state index in [1.807, 2.05) is 0 Å². The van der Waals surface area contributed by atoms with E-state index in [1.54, 1.807) is 25.1 Å². The fraction of sp³-hybridized carbons (Fsp3) is 0.500. The summed E-state index contributed by atoms with van der Waals surface area (Å²) in [7, 11) is 0. The molecule has 0 spiro atoms. The van der Waals surface area contributed by atoms with Crippen molar-refractivity contribution in [3.63, 3.8) is 0 Å². The molecule has 2 rings (SSSR count). The van der Waals surface area contributed by atoms with Crippen LogP contribution in [0.1, 0.15) is 18.9 Å². The van der Waals surface area contributed by atoms with Gasteiger partial charge in [-0.05, 0) is 25.0 Å². The van der Waals surface area contributed by atoms with E-state index in [1.165, 1.54) is 6.07 Å². The first kappa shape index (κ1) is 14.8. The van der Waals surface area contributed by atoms with Gasteiger partial charge in [0.15, 0.2) is 0 Å². The number of rotatable bonds is 4. The summed E-state index contributed by atoms with van der Waals surface area (Å²) in [5.41, 5.74) is 0.491. The number of halogens is 3. The monoisotopic (exact) mass is 286 g/mol. The van der Waals surface area contributed by atoms with E-state index in [0.29, 0.717) is 12.0 Å². The average molecular weight is 286 g/mol. The molecule has 20 heavy (non-hydrogen) atoms. The van der Waals surface area contributed by atoms with Crippen LogP contribution in [0.4, 0.5) is 13.2 Å². The second-order valence-corrected chi connectivity index (χ2v) is 5.20. The molecular weight excluding hydrogens is 269 g/mol. The van der Waals surface area contributed by atoms with Gasteiger partial charge in [0.05, 0.1) is 12.6 Å². The summed E-state index contributed by atoms with van der Waals surface area (Å²) in [5.74, 6) is -3.64. The smallest absolute Gasteiger partial charge is 0.262 e. The zero-order chi connectivity index (χ0) is 14.8. The number of carbonyl (C=O) groups is 1. The van der Waals surface area contributed by atoms with Gasteiger partial charge in [-0.25, -0.2) is 13.2 Å². The van der Waals surface area contributed by atoms with Gasteiger partial charge in [-0.2, -0.15) is 0 Å². The van der Waals surface area contributed by atoms with Gasteiger partial charge < -0.3 is 5.32 Å². The zero-order valence-electron chi connectivity index (χ0n) is 11.1. The van der Waals surface area contributed by atoms with Crippen molar-refractivity contribution in [2.45, 2.75) is 37.8 Å². The maximum atomic E-state index is 13.5. The third-order valence-corrected chi connectivity index (χ3v) is 3.30. The number of hydrogen-bond acceptors (Lipinski definition) is 2. The first-order valence-corrected chi connectivity index (χ1v) is 6.52. The lowest BCUT2D eigenvalue weighted by Crippen LogP contribution is -2.44. The predicted molar refractivity (Wildman–Crippen MR) is 69.1 cm³/mol. The van der Waals surface area contributed by atoms with Crippen molar-refractivity contribution in [3.8, 4) is 0 Å². The molecule has 1 aliphatic rings. The Balaban J connectivity index is 1.87. The van der Waals surface area contributed by atoms with E-state index in [2.05, 4.69) is 10.6 Å². The molecule has 1 aromatic rings. The number of amides is 1. The van der Waals surface area contributed by atoms with E-state index in [0.717, 1.165) is 0 Å². The van der Waals surface area contributed by atoms with Gasteiger partial charge in [0.1, 0.15) is 5.82 Å². The van der Waals surface area contributed by atoms with Gasteiger partial charge in [-0.15, -0.1) is 0 Å². The van der Waals surface area contributed by atoms with E-state index in [-0.39, 0.29) is 11.9 Å². The van der Waals surface area contributed by atoms with Crippen molar-refractivity contribution >= 4 is 5.91 Å². The number of carbonyl (C=O) groups excluding carboxylic acids is 1. The van der Waals surface area contributed by atoms with Gasteiger partial charge in [0.2, 0.25) is 5.91 Å². The molecule has 110 valence electrons. The Labute approximate surface area is 115 Å². The largest absolute Gasteiger partial charge is 0.352 e. The topological polar surface area (TPSA) is 41.1 Å². The zero-order valence-corrected chi connectivity index (χ0v) is 11.1. The Bertz CT molecular complexity index is 493. The fourth-order valence-electron chi connectivity index (χ4n) is 2.29. The molecule has 0 bridgehead atoms. The van der Waals surface area contributed by atoms with E-state index in [4.69, 9.17) is 0 Å². The molecule has 1 fully saturated rings. The lowest BCUT2D eigenvalue weighted by molar-refractivity contribution is -0.124. The molecule has 3 nitrogen and oxygen atoms in total. The summed E-state index contributed by atoms with van der Waals surface area (Å²) in [6.07, 6.45) is -0.174. The van der Waals surface area contributed by atoms with Crippen LogP contribution in [0.3, 0.4) is 0 Å². The average Bonchev–Trinajstić information content (AvgIpc) is 2.73. The SMILES string of the molecule is CC(Cc1ccccc1F)NC(=O)C1CC(F)(F)CN1. The van der Waals surface area contributed by atoms with Crippen molar-refractivity contribution < 1.29 is 18.0 Å². The molecule has 0 radical (unpaired) electrons. The first-order chi connectivity index (χ1) is 9.37. The molecule has 2 N–H and O–H groups in total. The third-order valence-electron chi connectivity index (χ3n) is 3.30. The van der Waals surface area contributed by atoms with E-state index in [9.17, 15) is 18.0 Å². The minimum Gasteiger partial charge on any atom is -0.352 e. The minimum atomic E-state index is -2.84. The maximum absolute atomic E-state index is 13.5. The third kappa shape index (κ3) is 3.72. The lowest BCUT2D eigenvalue weighted by atomic mass is 10.1. The molecular formula is C14H17F3N2O. The molecule has 0 saturated carbocycles. The van der Waals surface area contributed by atoms with E-state index >= 15 is 0 Å². The van der Waals surface area contributed by atoms with Gasteiger partial charge >= 0.3 is 0 Å². The van der Waals surface area contributed by atoms with Crippen molar-refractivity contribution in [2.24, 2.45) is 0 Å². The predicted octanol–water partition coefficient (Wildman–Crippen LogP) is 1.87. The van der Waals surface area contributed by atoms with Crippen LogP contribution in [0, 0.1) is 5.82 Å². The maximum Gasteiger partial charge on any atom is 0.262 e. The number of hydrogen-bond donors (Lipinski definition) is 2. The number of nitrogens with one attached hydrogen (secondary N) is 2. The van der Waals surface area contributed by atoms with Gasteiger partial charge in [0.25, 0.3) is 5.92 Å². The molecule has 2 atom stereocenters. The molecule has 1 aromatic carbocycles. The lowest BCUT2D eigenvalue weighted by Gasteiger charge is -2.17. The molecule has 1 aliphatic heterocycles. The Hall–Kier alpha value is -1.56. The fourth-order valence-corrected chi connectivity index (χ4v) is 2.29. The Morgan fingerprint density at radius 1 is 1.50 bits per heavy atom. The van der Waals surface area contributed by atoms with Gasteiger partial charge in [0, 0.05) is 12.5 Å².